The van der Waals surface area contributed by atoms with Crippen LogP contribution in [0.1, 0.15) is 31.8 Å². The first-order valence-electron chi connectivity index (χ1n) is 13.0. The highest BCUT2D eigenvalue weighted by Gasteiger charge is 2.41. The van der Waals surface area contributed by atoms with Crippen molar-refractivity contribution >= 4 is 53.9 Å². The minimum absolute atomic E-state index is 0.0453. The Bertz CT molecular complexity index is 1700. The number of carboxylic acid groups (broad SMARTS) is 1. The molecule has 2 heterocycles. The number of nitrogens with one attached hydrogen (secondary N) is 1. The highest BCUT2D eigenvalue weighted by atomic mass is 28.3. The van der Waals surface area contributed by atoms with Crippen LogP contribution in [0, 0.1) is 5.41 Å². The van der Waals surface area contributed by atoms with E-state index in [4.69, 9.17) is 10.2 Å². The van der Waals surface area contributed by atoms with Crippen LogP contribution in [0.2, 0.25) is 13.1 Å². The molecule has 0 radical (unpaired) electrons. The lowest BCUT2D eigenvalue weighted by molar-refractivity contribution is -0.462. The number of anilines is 1. The van der Waals surface area contributed by atoms with Gasteiger partial charge in [-0.2, -0.15) is 0 Å². The molecule has 0 atom stereocenters. The van der Waals surface area contributed by atoms with E-state index in [1.807, 2.05) is 40.3 Å². The second-order valence-electron chi connectivity index (χ2n) is 11.0. The average Bonchev–Trinajstić information content (AvgIpc) is 3.24. The zero-order chi connectivity index (χ0) is 29.8. The van der Waals surface area contributed by atoms with Crippen LogP contribution in [0.15, 0.2) is 77.5 Å². The van der Waals surface area contributed by atoms with Gasteiger partial charge >= 0.3 is 11.9 Å². The summed E-state index contributed by atoms with van der Waals surface area (Å²) in [5.41, 5.74) is 5.21. The first-order valence-corrected chi connectivity index (χ1v) is 16.0. The van der Waals surface area contributed by atoms with Gasteiger partial charge in [-0.05, 0) is 69.1 Å². The van der Waals surface area contributed by atoms with Gasteiger partial charge in [0, 0.05) is 38.0 Å². The van der Waals surface area contributed by atoms with Crippen LogP contribution in [0.25, 0.3) is 5.57 Å². The number of hydrogen-bond donors (Lipinski definition) is 2. The van der Waals surface area contributed by atoms with E-state index >= 15 is 0 Å². The van der Waals surface area contributed by atoms with Gasteiger partial charge in [0.15, 0.2) is 11.5 Å². The van der Waals surface area contributed by atoms with Crippen molar-refractivity contribution in [2.24, 2.45) is 0 Å². The number of hydroxylamine groups is 2. The van der Waals surface area contributed by atoms with Crippen molar-refractivity contribution in [1.82, 2.24) is 5.06 Å². The summed E-state index contributed by atoms with van der Waals surface area (Å²) in [5.74, 6) is -3.08. The number of hydrogen-bond acceptors (Lipinski definition) is 6. The quantitative estimate of drug-likeness (QED) is 0.423. The first-order chi connectivity index (χ1) is 19.3. The van der Waals surface area contributed by atoms with Gasteiger partial charge < -0.3 is 14.8 Å². The van der Waals surface area contributed by atoms with Crippen LogP contribution in [0.3, 0.4) is 0 Å². The largest absolute Gasteiger partial charge is 0.478 e. The van der Waals surface area contributed by atoms with Crippen LogP contribution in [-0.4, -0.2) is 80.4 Å². The molecular formula is C31H31N4O5Si+. The lowest BCUT2D eigenvalue weighted by Gasteiger charge is -2.38. The van der Waals surface area contributed by atoms with Crippen LogP contribution < -0.4 is 10.1 Å². The fourth-order valence-corrected chi connectivity index (χ4v) is 8.44. The minimum atomic E-state index is -2.23. The molecule has 3 aliphatic rings. The highest BCUT2D eigenvalue weighted by molar-refractivity contribution is 6.98. The summed E-state index contributed by atoms with van der Waals surface area (Å²) in [7, 11) is 5.75. The number of aromatic carboxylic acids is 1. The predicted molar refractivity (Wildman–Crippen MR) is 161 cm³/mol. The van der Waals surface area contributed by atoms with Crippen molar-refractivity contribution < 1.29 is 28.9 Å². The van der Waals surface area contributed by atoms with Gasteiger partial charge in [-0.1, -0.05) is 25.2 Å². The molecule has 0 aromatic heterocycles. The molecule has 2 N–H and O–H groups in total. The fraction of sp³-hybridized carbons (Fsp3) is 0.194. The van der Waals surface area contributed by atoms with Gasteiger partial charge in [-0.3, -0.25) is 10.2 Å². The van der Waals surface area contributed by atoms with Crippen molar-refractivity contribution in [2.75, 3.05) is 33.1 Å². The maximum Gasteiger partial charge on any atom is 0.363 e. The summed E-state index contributed by atoms with van der Waals surface area (Å²) in [5, 5.41) is 21.0. The van der Waals surface area contributed by atoms with E-state index in [2.05, 4.69) is 46.9 Å². The van der Waals surface area contributed by atoms with E-state index < -0.39 is 25.9 Å². The topological polar surface area (TPSA) is 114 Å². The molecule has 2 aromatic rings. The van der Waals surface area contributed by atoms with Crippen molar-refractivity contribution in [1.29, 1.82) is 5.41 Å². The van der Waals surface area contributed by atoms with Crippen LogP contribution >= 0.6 is 0 Å². The van der Waals surface area contributed by atoms with Gasteiger partial charge in [0.05, 0.1) is 11.1 Å². The smallest absolute Gasteiger partial charge is 0.363 e. The van der Waals surface area contributed by atoms with Gasteiger partial charge in [-0.15, -0.1) is 5.06 Å². The summed E-state index contributed by atoms with van der Waals surface area (Å²) in [4.78, 5) is 44.6. The number of amidine groups is 1. The molecule has 1 amide bonds. The Labute approximate surface area is 239 Å². The highest BCUT2D eigenvalue weighted by Crippen LogP contribution is 2.42. The zero-order valence-electron chi connectivity index (χ0n) is 23.8. The van der Waals surface area contributed by atoms with E-state index in [9.17, 15) is 19.5 Å². The van der Waals surface area contributed by atoms with E-state index in [0.29, 0.717) is 10.6 Å². The molecule has 208 valence electrons. The molecule has 0 saturated heterocycles. The molecule has 1 aliphatic carbocycles. The molecule has 0 saturated carbocycles. The third-order valence-corrected chi connectivity index (χ3v) is 11.2. The molecule has 41 heavy (non-hydrogen) atoms. The SMILES string of the molecule is CN(C)c1ccc2c(c1)[Si](C)(C)C1=CC(=[N+](C)C)C=CC1=C2c1ccc(C(=O)ON2C(=N)C=CC2=O)cc1C(=O)O. The lowest BCUT2D eigenvalue weighted by Crippen LogP contribution is -2.49. The van der Waals surface area contributed by atoms with Crippen molar-refractivity contribution in [3.8, 4) is 0 Å². The summed E-state index contributed by atoms with van der Waals surface area (Å²) >= 11 is 0. The lowest BCUT2D eigenvalue weighted by atomic mass is 9.86. The predicted octanol–water partition coefficient (Wildman–Crippen LogP) is 3.38. The number of carboxylic acids is 1. The fourth-order valence-electron chi connectivity index (χ4n) is 5.37. The van der Waals surface area contributed by atoms with Crippen LogP contribution in [0.5, 0.6) is 0 Å². The van der Waals surface area contributed by atoms with Gasteiger partial charge in [0.25, 0.3) is 5.91 Å². The Balaban J connectivity index is 1.71. The van der Waals surface area contributed by atoms with Crippen LogP contribution in [-0.2, 0) is 9.63 Å². The molecule has 2 aromatic carbocycles. The van der Waals surface area contributed by atoms with E-state index in [-0.39, 0.29) is 17.0 Å². The molecule has 0 fully saturated rings. The number of allylic oxidation sites excluding steroid dienone is 5. The van der Waals surface area contributed by atoms with E-state index in [0.717, 1.165) is 34.2 Å². The molecule has 10 heteroatoms. The molecular weight excluding hydrogens is 536 g/mol. The number of benzene rings is 2. The number of amides is 1. The van der Waals surface area contributed by atoms with Crippen molar-refractivity contribution in [3.05, 3.63) is 99.8 Å². The number of rotatable bonds is 5. The Hall–Kier alpha value is -4.83. The number of carbonyl (C=O) groups is 3. The van der Waals surface area contributed by atoms with Gasteiger partial charge in [-0.25, -0.2) is 14.2 Å². The van der Waals surface area contributed by atoms with Crippen molar-refractivity contribution in [3.63, 3.8) is 0 Å². The summed E-state index contributed by atoms with van der Waals surface area (Å²) in [6.45, 7) is 4.62. The van der Waals surface area contributed by atoms with E-state index in [1.165, 1.54) is 28.6 Å². The summed E-state index contributed by atoms with van der Waals surface area (Å²) < 4.78 is 2.06. The Morgan fingerprint density at radius 2 is 1.71 bits per heavy atom. The standard InChI is InChI=1S/C31H30N4O5Si/c1-33(2)19-8-11-22-25(16-19)41(5,6)26-17-20(34(3)4)9-12-23(26)29(22)21-10-7-18(15-24(21)30(37)38)31(39)40-35-27(32)13-14-28(35)36/h7-17,32H,1-6H3/p+1. The summed E-state index contributed by atoms with van der Waals surface area (Å²) in [6, 6.07) is 10.7. The molecule has 5 rings (SSSR count). The second-order valence-corrected chi connectivity index (χ2v) is 15.4. The van der Waals surface area contributed by atoms with Gasteiger partial charge in [0.1, 0.15) is 22.2 Å². The number of carbonyl (C=O) groups excluding carboxylic acids is 2. The molecule has 9 nitrogen and oxygen atoms in total. The maximum absolute atomic E-state index is 12.9. The molecule has 0 spiro atoms. The molecule has 2 aliphatic heterocycles. The Kier molecular flexibility index (Phi) is 6.74. The van der Waals surface area contributed by atoms with Crippen molar-refractivity contribution in [2.45, 2.75) is 13.1 Å². The Morgan fingerprint density at radius 3 is 2.32 bits per heavy atom. The molecule has 0 unspecified atom stereocenters. The van der Waals surface area contributed by atoms with Crippen LogP contribution in [0.4, 0.5) is 5.69 Å². The normalized spacial score (nSPS) is 16.9. The number of fused-ring (bicyclic) bond motifs is 2. The van der Waals surface area contributed by atoms with E-state index in [1.54, 1.807) is 6.07 Å². The maximum atomic E-state index is 12.9. The zero-order valence-corrected chi connectivity index (χ0v) is 24.8. The third kappa shape index (κ3) is 4.65. The second kappa shape index (κ2) is 9.97. The third-order valence-electron chi connectivity index (χ3n) is 7.66. The Morgan fingerprint density at radius 1 is 1.00 bits per heavy atom. The minimum Gasteiger partial charge on any atom is -0.478 e. The van der Waals surface area contributed by atoms with Gasteiger partial charge in [0.2, 0.25) is 0 Å². The molecule has 0 bridgehead atoms. The monoisotopic (exact) mass is 567 g/mol. The average molecular weight is 568 g/mol. The summed E-state index contributed by atoms with van der Waals surface area (Å²) in [6.07, 6.45) is 8.62. The first kappa shape index (κ1) is 27.7. The number of nitrogens with zero attached hydrogens (tertiary/aromatic N) is 3.